The van der Waals surface area contributed by atoms with Crippen molar-refractivity contribution in [3.05, 3.63) is 53.4 Å². The van der Waals surface area contributed by atoms with E-state index in [2.05, 4.69) is 10.5 Å². The van der Waals surface area contributed by atoms with Gasteiger partial charge in [-0.15, -0.1) is 0 Å². The zero-order valence-corrected chi connectivity index (χ0v) is 12.2. The highest BCUT2D eigenvalue weighted by atomic mass is 16.5. The van der Waals surface area contributed by atoms with Gasteiger partial charge in [-0.2, -0.15) is 0 Å². The zero-order valence-electron chi connectivity index (χ0n) is 12.2. The topological polar surface area (TPSA) is 64.4 Å². The van der Waals surface area contributed by atoms with E-state index < -0.39 is 0 Å². The molecule has 1 heterocycles. The Kier molecular flexibility index (Phi) is 5.97. The number of aromatic nitrogens is 1. The molecule has 0 fully saturated rings. The molecule has 0 atom stereocenters. The molecule has 0 aliphatic carbocycles. The van der Waals surface area contributed by atoms with E-state index >= 15 is 0 Å². The SMILES string of the molecule is CCCc1cc(C(=O)NCCOCc2ccccc2)no1. The van der Waals surface area contributed by atoms with Crippen molar-refractivity contribution in [3.63, 3.8) is 0 Å². The fraction of sp³-hybridized carbons (Fsp3) is 0.375. The van der Waals surface area contributed by atoms with Crippen molar-refractivity contribution < 1.29 is 14.1 Å². The number of aryl methyl sites for hydroxylation is 1. The van der Waals surface area contributed by atoms with Crippen LogP contribution in [-0.4, -0.2) is 24.2 Å². The minimum atomic E-state index is -0.232. The average Bonchev–Trinajstić information content (AvgIpc) is 2.97. The quantitative estimate of drug-likeness (QED) is 0.758. The van der Waals surface area contributed by atoms with Crippen LogP contribution in [0.3, 0.4) is 0 Å². The van der Waals surface area contributed by atoms with Crippen LogP contribution in [0.2, 0.25) is 0 Å². The number of ether oxygens (including phenoxy) is 1. The molecule has 2 rings (SSSR count). The van der Waals surface area contributed by atoms with E-state index in [4.69, 9.17) is 9.26 Å². The lowest BCUT2D eigenvalue weighted by Gasteiger charge is -2.05. The average molecular weight is 288 g/mol. The predicted molar refractivity (Wildman–Crippen MR) is 78.9 cm³/mol. The first-order chi connectivity index (χ1) is 10.3. The molecular formula is C16H20N2O3. The second-order valence-corrected chi connectivity index (χ2v) is 4.72. The highest BCUT2D eigenvalue weighted by Gasteiger charge is 2.11. The summed E-state index contributed by atoms with van der Waals surface area (Å²) in [5.41, 5.74) is 1.44. The largest absolute Gasteiger partial charge is 0.375 e. The molecule has 0 spiro atoms. The van der Waals surface area contributed by atoms with E-state index in [1.165, 1.54) is 0 Å². The Labute approximate surface area is 124 Å². The summed E-state index contributed by atoms with van der Waals surface area (Å²) in [6.07, 6.45) is 1.75. The summed E-state index contributed by atoms with van der Waals surface area (Å²) >= 11 is 0. The molecule has 0 aliphatic heterocycles. The number of nitrogens with zero attached hydrogens (tertiary/aromatic N) is 1. The van der Waals surface area contributed by atoms with Gasteiger partial charge in [-0.3, -0.25) is 4.79 Å². The summed E-state index contributed by atoms with van der Waals surface area (Å²) < 4.78 is 10.6. The van der Waals surface area contributed by atoms with Crippen molar-refractivity contribution in [1.29, 1.82) is 0 Å². The standard InChI is InChI=1S/C16H20N2O3/c1-2-6-14-11-15(18-21-14)16(19)17-9-10-20-12-13-7-4-3-5-8-13/h3-5,7-8,11H,2,6,9-10,12H2,1H3,(H,17,19). The molecular weight excluding hydrogens is 268 g/mol. The molecule has 0 bridgehead atoms. The summed E-state index contributed by atoms with van der Waals surface area (Å²) in [7, 11) is 0. The molecule has 0 saturated carbocycles. The molecule has 0 unspecified atom stereocenters. The Bertz CT molecular complexity index is 552. The van der Waals surface area contributed by atoms with Crippen LogP contribution in [0, 0.1) is 0 Å². The molecule has 0 aliphatic rings. The highest BCUT2D eigenvalue weighted by molar-refractivity contribution is 5.92. The summed E-state index contributed by atoms with van der Waals surface area (Å²) in [6.45, 7) is 3.50. The molecule has 1 amide bonds. The third kappa shape index (κ3) is 5.04. The fourth-order valence-electron chi connectivity index (χ4n) is 1.88. The molecule has 5 heteroatoms. The van der Waals surface area contributed by atoms with Crippen LogP contribution in [0.15, 0.2) is 40.9 Å². The number of nitrogens with one attached hydrogen (secondary N) is 1. The number of hydrogen-bond acceptors (Lipinski definition) is 4. The van der Waals surface area contributed by atoms with Gasteiger partial charge in [-0.1, -0.05) is 42.4 Å². The number of benzene rings is 1. The van der Waals surface area contributed by atoms with E-state index in [9.17, 15) is 4.79 Å². The minimum Gasteiger partial charge on any atom is -0.375 e. The van der Waals surface area contributed by atoms with Crippen molar-refractivity contribution in [2.45, 2.75) is 26.4 Å². The molecule has 1 aromatic heterocycles. The highest BCUT2D eigenvalue weighted by Crippen LogP contribution is 2.06. The Balaban J connectivity index is 1.64. The molecule has 1 aromatic carbocycles. The Morgan fingerprint density at radius 2 is 2.14 bits per heavy atom. The molecule has 0 radical (unpaired) electrons. The van der Waals surface area contributed by atoms with Crippen molar-refractivity contribution >= 4 is 5.91 Å². The van der Waals surface area contributed by atoms with E-state index in [1.807, 2.05) is 37.3 Å². The molecule has 1 N–H and O–H groups in total. The van der Waals surface area contributed by atoms with Crippen LogP contribution in [0.5, 0.6) is 0 Å². The van der Waals surface area contributed by atoms with Gasteiger partial charge in [-0.05, 0) is 12.0 Å². The van der Waals surface area contributed by atoms with Crippen molar-refractivity contribution in [1.82, 2.24) is 10.5 Å². The molecule has 112 valence electrons. The predicted octanol–water partition coefficient (Wildman–Crippen LogP) is 2.57. The lowest BCUT2D eigenvalue weighted by Crippen LogP contribution is -2.27. The van der Waals surface area contributed by atoms with E-state index in [0.717, 1.165) is 24.2 Å². The first kappa shape index (κ1) is 15.3. The van der Waals surface area contributed by atoms with E-state index in [1.54, 1.807) is 6.07 Å². The molecule has 5 nitrogen and oxygen atoms in total. The lowest BCUT2D eigenvalue weighted by atomic mass is 10.2. The van der Waals surface area contributed by atoms with Crippen molar-refractivity contribution in [2.75, 3.05) is 13.2 Å². The zero-order chi connectivity index (χ0) is 14.9. The van der Waals surface area contributed by atoms with Crippen LogP contribution in [-0.2, 0) is 17.8 Å². The van der Waals surface area contributed by atoms with Gasteiger partial charge in [0.25, 0.3) is 5.91 Å². The Hall–Kier alpha value is -2.14. The summed E-state index contributed by atoms with van der Waals surface area (Å²) in [4.78, 5) is 11.8. The van der Waals surface area contributed by atoms with Crippen LogP contribution in [0.4, 0.5) is 0 Å². The smallest absolute Gasteiger partial charge is 0.273 e. The van der Waals surface area contributed by atoms with Crippen LogP contribution >= 0.6 is 0 Å². The van der Waals surface area contributed by atoms with Gasteiger partial charge in [0.1, 0.15) is 5.76 Å². The molecule has 2 aromatic rings. The first-order valence-electron chi connectivity index (χ1n) is 7.15. The third-order valence-corrected chi connectivity index (χ3v) is 2.93. The van der Waals surface area contributed by atoms with Crippen LogP contribution < -0.4 is 5.32 Å². The molecule has 21 heavy (non-hydrogen) atoms. The minimum absolute atomic E-state index is 0.232. The second kappa shape index (κ2) is 8.21. The van der Waals surface area contributed by atoms with Gasteiger partial charge in [0.2, 0.25) is 0 Å². The van der Waals surface area contributed by atoms with Crippen molar-refractivity contribution in [3.8, 4) is 0 Å². The van der Waals surface area contributed by atoms with E-state index in [0.29, 0.717) is 25.5 Å². The Morgan fingerprint density at radius 3 is 2.90 bits per heavy atom. The van der Waals surface area contributed by atoms with Gasteiger partial charge in [0.05, 0.1) is 13.2 Å². The number of hydrogen-bond donors (Lipinski definition) is 1. The van der Waals surface area contributed by atoms with E-state index in [-0.39, 0.29) is 5.91 Å². The maximum atomic E-state index is 11.8. The Morgan fingerprint density at radius 1 is 1.33 bits per heavy atom. The van der Waals surface area contributed by atoms with Crippen molar-refractivity contribution in [2.24, 2.45) is 0 Å². The van der Waals surface area contributed by atoms with Gasteiger partial charge >= 0.3 is 0 Å². The number of carbonyl (C=O) groups is 1. The maximum Gasteiger partial charge on any atom is 0.273 e. The van der Waals surface area contributed by atoms with Gasteiger partial charge in [0.15, 0.2) is 5.69 Å². The fourth-order valence-corrected chi connectivity index (χ4v) is 1.88. The normalized spacial score (nSPS) is 10.5. The molecule has 0 saturated heterocycles. The number of rotatable bonds is 8. The third-order valence-electron chi connectivity index (χ3n) is 2.93. The van der Waals surface area contributed by atoms with Gasteiger partial charge in [-0.25, -0.2) is 0 Å². The lowest BCUT2D eigenvalue weighted by molar-refractivity contribution is 0.0892. The van der Waals surface area contributed by atoms with Crippen LogP contribution in [0.25, 0.3) is 0 Å². The number of amides is 1. The van der Waals surface area contributed by atoms with Gasteiger partial charge < -0.3 is 14.6 Å². The van der Waals surface area contributed by atoms with Crippen LogP contribution in [0.1, 0.15) is 35.2 Å². The first-order valence-corrected chi connectivity index (χ1v) is 7.15. The maximum absolute atomic E-state index is 11.8. The summed E-state index contributed by atoms with van der Waals surface area (Å²) in [6, 6.07) is 11.6. The van der Waals surface area contributed by atoms with Gasteiger partial charge in [0, 0.05) is 19.0 Å². The second-order valence-electron chi connectivity index (χ2n) is 4.72. The summed E-state index contributed by atoms with van der Waals surface area (Å²) in [5, 5.41) is 6.51. The number of carbonyl (C=O) groups excluding carboxylic acids is 1. The summed E-state index contributed by atoms with van der Waals surface area (Å²) in [5.74, 6) is 0.507. The monoisotopic (exact) mass is 288 g/mol.